The molecular formula is C15H28N4O3. The van der Waals surface area contributed by atoms with E-state index in [0.717, 1.165) is 24.5 Å². The summed E-state index contributed by atoms with van der Waals surface area (Å²) in [6.07, 6.45) is 2.64. The highest BCUT2D eigenvalue weighted by Gasteiger charge is 2.15. The van der Waals surface area contributed by atoms with Crippen LogP contribution in [0, 0.1) is 12.8 Å². The van der Waals surface area contributed by atoms with E-state index in [1.54, 1.807) is 6.20 Å². The van der Waals surface area contributed by atoms with E-state index in [0.29, 0.717) is 18.9 Å². The van der Waals surface area contributed by atoms with Gasteiger partial charge in [0.1, 0.15) is 5.82 Å². The van der Waals surface area contributed by atoms with Gasteiger partial charge in [-0.15, -0.1) is 0 Å². The number of rotatable bonds is 6. The SMILES string of the molecule is CCCN(Cc1ncc(C)[nH]1)C(=O)CC(C)C.COC(N)=O. The van der Waals surface area contributed by atoms with E-state index < -0.39 is 6.09 Å². The van der Waals surface area contributed by atoms with Crippen LogP contribution in [0.5, 0.6) is 0 Å². The first kappa shape index (κ1) is 19.9. The second-order valence-corrected chi connectivity index (χ2v) is 5.45. The average molecular weight is 312 g/mol. The summed E-state index contributed by atoms with van der Waals surface area (Å²) in [6.45, 7) is 9.58. The standard InChI is InChI=1S/C13H23N3O.C2H5NO2/c1-5-6-16(13(17)7-10(2)3)9-12-14-8-11(4)15-12;1-5-2(3)4/h8,10H,5-7,9H2,1-4H3,(H,14,15);1H3,(H2,3,4). The molecule has 0 bridgehead atoms. The molecule has 0 fully saturated rings. The second-order valence-electron chi connectivity index (χ2n) is 5.45. The van der Waals surface area contributed by atoms with Crippen molar-refractivity contribution in [2.75, 3.05) is 13.7 Å². The van der Waals surface area contributed by atoms with Crippen LogP contribution < -0.4 is 5.73 Å². The highest BCUT2D eigenvalue weighted by Crippen LogP contribution is 2.08. The van der Waals surface area contributed by atoms with Crippen LogP contribution in [0.4, 0.5) is 4.79 Å². The second kappa shape index (κ2) is 10.6. The van der Waals surface area contributed by atoms with E-state index in [4.69, 9.17) is 0 Å². The maximum Gasteiger partial charge on any atom is 0.404 e. The van der Waals surface area contributed by atoms with Gasteiger partial charge in [-0.3, -0.25) is 4.79 Å². The number of methoxy groups -OCH3 is 1. The molecule has 0 aliphatic rings. The maximum absolute atomic E-state index is 12.0. The van der Waals surface area contributed by atoms with Gasteiger partial charge in [-0.05, 0) is 19.3 Å². The molecule has 7 nitrogen and oxygen atoms in total. The first-order valence-corrected chi connectivity index (χ1v) is 7.41. The van der Waals surface area contributed by atoms with Crippen molar-refractivity contribution < 1.29 is 14.3 Å². The summed E-state index contributed by atoms with van der Waals surface area (Å²) in [6, 6.07) is 0. The molecule has 1 aromatic rings. The summed E-state index contributed by atoms with van der Waals surface area (Å²) in [4.78, 5) is 30.7. The zero-order chi connectivity index (χ0) is 17.1. The summed E-state index contributed by atoms with van der Waals surface area (Å²) < 4.78 is 3.89. The lowest BCUT2D eigenvalue weighted by Crippen LogP contribution is -2.32. The molecule has 2 amide bonds. The minimum atomic E-state index is -0.745. The number of imidazole rings is 1. The Balaban J connectivity index is 0.000000763. The number of aryl methyl sites for hydroxylation is 1. The normalized spacial score (nSPS) is 9.91. The Labute approximate surface area is 132 Å². The van der Waals surface area contributed by atoms with Crippen molar-refractivity contribution in [3.8, 4) is 0 Å². The topological polar surface area (TPSA) is 101 Å². The Kier molecular flexibility index (Phi) is 9.65. The molecule has 0 saturated heterocycles. The molecule has 1 rings (SSSR count). The third kappa shape index (κ3) is 8.99. The fourth-order valence-electron chi connectivity index (χ4n) is 1.77. The fraction of sp³-hybridized carbons (Fsp3) is 0.667. The van der Waals surface area contributed by atoms with Gasteiger partial charge in [-0.2, -0.15) is 0 Å². The number of hydrogen-bond acceptors (Lipinski definition) is 4. The number of hydrogen-bond donors (Lipinski definition) is 2. The Morgan fingerprint density at radius 2 is 2.05 bits per heavy atom. The van der Waals surface area contributed by atoms with Gasteiger partial charge in [0, 0.05) is 24.9 Å². The number of nitrogens with zero attached hydrogens (tertiary/aromatic N) is 2. The van der Waals surface area contributed by atoms with Gasteiger partial charge in [0.15, 0.2) is 0 Å². The highest BCUT2D eigenvalue weighted by molar-refractivity contribution is 5.76. The van der Waals surface area contributed by atoms with Gasteiger partial charge in [0.05, 0.1) is 13.7 Å². The summed E-state index contributed by atoms with van der Waals surface area (Å²) in [5, 5.41) is 0. The summed E-state index contributed by atoms with van der Waals surface area (Å²) in [5.74, 6) is 1.49. The molecule has 0 aliphatic carbocycles. The monoisotopic (exact) mass is 312 g/mol. The van der Waals surface area contributed by atoms with Crippen molar-refractivity contribution in [2.24, 2.45) is 11.7 Å². The van der Waals surface area contributed by atoms with E-state index in [2.05, 4.69) is 41.2 Å². The number of carbonyl (C=O) groups is 2. The van der Waals surface area contributed by atoms with E-state index in [9.17, 15) is 9.59 Å². The molecular weight excluding hydrogens is 284 g/mol. The molecule has 0 saturated carbocycles. The van der Waals surface area contributed by atoms with Crippen LogP contribution in [0.2, 0.25) is 0 Å². The lowest BCUT2D eigenvalue weighted by molar-refractivity contribution is -0.132. The average Bonchev–Trinajstić information content (AvgIpc) is 2.83. The molecule has 126 valence electrons. The summed E-state index contributed by atoms with van der Waals surface area (Å²) in [5.41, 5.74) is 5.47. The third-order valence-corrected chi connectivity index (χ3v) is 2.73. The third-order valence-electron chi connectivity index (χ3n) is 2.73. The molecule has 7 heteroatoms. The number of aromatic amines is 1. The van der Waals surface area contributed by atoms with Crippen molar-refractivity contribution in [2.45, 2.75) is 47.1 Å². The Morgan fingerprint density at radius 1 is 1.45 bits per heavy atom. The molecule has 1 aromatic heterocycles. The number of H-pyrrole nitrogens is 1. The number of amides is 2. The van der Waals surface area contributed by atoms with Gasteiger partial charge in [-0.1, -0.05) is 20.8 Å². The molecule has 0 aliphatic heterocycles. The molecule has 0 atom stereocenters. The van der Waals surface area contributed by atoms with Crippen LogP contribution in [0.3, 0.4) is 0 Å². The number of nitrogens with one attached hydrogen (secondary N) is 1. The predicted octanol–water partition coefficient (Wildman–Crippen LogP) is 2.21. The van der Waals surface area contributed by atoms with E-state index in [-0.39, 0.29) is 5.91 Å². The minimum Gasteiger partial charge on any atom is -0.453 e. The van der Waals surface area contributed by atoms with Gasteiger partial charge in [0.2, 0.25) is 5.91 Å². The molecule has 0 radical (unpaired) electrons. The van der Waals surface area contributed by atoms with Gasteiger partial charge in [-0.25, -0.2) is 9.78 Å². The van der Waals surface area contributed by atoms with E-state index in [1.165, 1.54) is 7.11 Å². The van der Waals surface area contributed by atoms with Crippen molar-refractivity contribution in [3.63, 3.8) is 0 Å². The van der Waals surface area contributed by atoms with Gasteiger partial charge < -0.3 is 20.4 Å². The zero-order valence-electron chi connectivity index (χ0n) is 14.2. The Bertz CT molecular complexity index is 457. The molecule has 0 unspecified atom stereocenters. The largest absolute Gasteiger partial charge is 0.453 e. The number of primary amides is 1. The Morgan fingerprint density at radius 3 is 2.41 bits per heavy atom. The minimum absolute atomic E-state index is 0.218. The molecule has 0 spiro atoms. The summed E-state index contributed by atoms with van der Waals surface area (Å²) >= 11 is 0. The van der Waals surface area contributed by atoms with Crippen molar-refractivity contribution in [3.05, 3.63) is 17.7 Å². The quantitative estimate of drug-likeness (QED) is 0.840. The smallest absolute Gasteiger partial charge is 0.404 e. The number of nitrogens with two attached hydrogens (primary N) is 1. The lowest BCUT2D eigenvalue weighted by Gasteiger charge is -2.22. The van der Waals surface area contributed by atoms with Crippen LogP contribution in [0.15, 0.2) is 6.20 Å². The van der Waals surface area contributed by atoms with Crippen molar-refractivity contribution in [1.82, 2.24) is 14.9 Å². The molecule has 1 heterocycles. The van der Waals surface area contributed by atoms with E-state index in [1.807, 2.05) is 11.8 Å². The number of ether oxygens (including phenoxy) is 1. The first-order valence-electron chi connectivity index (χ1n) is 7.41. The molecule has 22 heavy (non-hydrogen) atoms. The Hall–Kier alpha value is -2.05. The fourth-order valence-corrected chi connectivity index (χ4v) is 1.77. The van der Waals surface area contributed by atoms with Crippen LogP contribution in [-0.2, 0) is 16.1 Å². The van der Waals surface area contributed by atoms with Crippen molar-refractivity contribution in [1.29, 1.82) is 0 Å². The van der Waals surface area contributed by atoms with Gasteiger partial charge in [0.25, 0.3) is 0 Å². The van der Waals surface area contributed by atoms with Crippen LogP contribution in [-0.4, -0.2) is 40.5 Å². The maximum atomic E-state index is 12.0. The van der Waals surface area contributed by atoms with Gasteiger partial charge >= 0.3 is 6.09 Å². The molecule has 3 N–H and O–H groups in total. The van der Waals surface area contributed by atoms with Crippen LogP contribution >= 0.6 is 0 Å². The zero-order valence-corrected chi connectivity index (χ0v) is 14.2. The predicted molar refractivity (Wildman–Crippen MR) is 85.1 cm³/mol. The number of carbonyl (C=O) groups excluding carboxylic acids is 2. The first-order chi connectivity index (χ1) is 10.3. The molecule has 0 aromatic carbocycles. The van der Waals surface area contributed by atoms with Crippen LogP contribution in [0.25, 0.3) is 0 Å². The highest BCUT2D eigenvalue weighted by atomic mass is 16.5. The lowest BCUT2D eigenvalue weighted by atomic mass is 10.1. The van der Waals surface area contributed by atoms with E-state index >= 15 is 0 Å². The summed E-state index contributed by atoms with van der Waals surface area (Å²) in [7, 11) is 1.22. The van der Waals surface area contributed by atoms with Crippen molar-refractivity contribution >= 4 is 12.0 Å². The number of aromatic nitrogens is 2. The van der Waals surface area contributed by atoms with Crippen LogP contribution in [0.1, 0.15) is 45.1 Å².